The van der Waals surface area contributed by atoms with Crippen molar-refractivity contribution in [3.63, 3.8) is 0 Å². The van der Waals surface area contributed by atoms with Crippen LogP contribution in [-0.4, -0.2) is 241 Å². The number of hydrogen-bond donors (Lipinski definition) is 3. The van der Waals surface area contributed by atoms with Crippen molar-refractivity contribution in [2.75, 3.05) is 165 Å². The molecular weight excluding hydrogens is 1130 g/mol. The normalized spacial score (nSPS) is 13.3. The maximum absolute atomic E-state index is 13.4. The number of aliphatic carboxylic acids is 3. The van der Waals surface area contributed by atoms with Crippen LogP contribution in [0.5, 0.6) is 17.2 Å². The number of nitrogens with zero attached hydrogens (tertiary/aromatic N) is 3. The largest absolute Gasteiger partial charge is 5.00 e. The van der Waals surface area contributed by atoms with E-state index in [-0.39, 0.29) is 156 Å². The van der Waals surface area contributed by atoms with E-state index in [2.05, 4.69) is 0 Å². The molecule has 0 unspecified atom stereocenters. The number of carbonyl (C=O) groups is 5. The van der Waals surface area contributed by atoms with E-state index in [0.29, 0.717) is 84.8 Å². The predicted molar refractivity (Wildman–Crippen MR) is 271 cm³/mol. The summed E-state index contributed by atoms with van der Waals surface area (Å²) in [4.78, 5) is 63.8. The standard InChI is InChI=1S/C51H85N3O22.Na.Tc/c1-49(2,3)73-27-21-66-15-12-63-18-24-69-40-30-39(38-72-46(61)36-52(33-43(55)56)10-11-54-37-47(62)76-42(54)32-53(34-44(57)58)35-45(59)60)31-41(70-25-19-64-13-16-67-22-28-74-50(4,5)6)48(40)71-26-20-65-14-17-68-23-29-75-51(7,8)9;;/h10,30-31H,11-29,32-38H2,1-9H3,(H,55,56)(H,57,58)(H,59,60);;/q-2;+1;+5. The second kappa shape index (κ2) is 42.0. The molecule has 1 aliphatic rings. The van der Waals surface area contributed by atoms with E-state index in [1.807, 2.05) is 62.3 Å². The van der Waals surface area contributed by atoms with Crippen molar-refractivity contribution in [2.45, 2.75) is 85.7 Å². The molecule has 1 aromatic rings. The summed E-state index contributed by atoms with van der Waals surface area (Å²) in [5, 5.41) is 28.2. The SMILES string of the molecule is CC(C)(C)OCCOCCOCCOc1cc(COC(=O)CN([CH-]CN2CC(=O)O[C-]2CN(CC(=O)O)CC(=O)O)CC(=O)O)cc(OCCOCCOCCOC(C)(C)C)c1OCCOCCOCCOC(C)(C)C.[Na+].[Tc+5]. The zero-order chi connectivity index (χ0) is 56.4. The molecule has 0 aliphatic carbocycles. The number of carboxylic acids is 3. The predicted octanol–water partition coefficient (Wildman–Crippen LogP) is -0.220. The Bertz CT molecular complexity index is 1760. The van der Waals surface area contributed by atoms with Gasteiger partial charge in [0.2, 0.25) is 5.75 Å². The van der Waals surface area contributed by atoms with Gasteiger partial charge in [0.1, 0.15) is 26.4 Å². The van der Waals surface area contributed by atoms with Crippen LogP contribution in [0, 0.1) is 12.8 Å². The smallest absolute Gasteiger partial charge is 0.617 e. The Morgan fingerprint density at radius 1 is 0.577 bits per heavy atom. The molecule has 0 saturated carbocycles. The number of carboxylic acid groups (broad SMARTS) is 3. The van der Waals surface area contributed by atoms with E-state index in [1.165, 1.54) is 11.4 Å². The summed E-state index contributed by atoms with van der Waals surface area (Å²) in [6.45, 7) is 20.7. The fraction of sp³-hybridized carbons (Fsp3) is 0.745. The maximum atomic E-state index is 13.4. The van der Waals surface area contributed by atoms with Crippen molar-refractivity contribution in [3.8, 4) is 17.2 Å². The molecule has 1 fully saturated rings. The second-order valence-corrected chi connectivity index (χ2v) is 19.8. The number of cyclic esters (lactones) is 1. The van der Waals surface area contributed by atoms with Gasteiger partial charge in [-0.2, -0.15) is 0 Å². The molecule has 0 atom stereocenters. The van der Waals surface area contributed by atoms with Crippen LogP contribution in [0.1, 0.15) is 67.9 Å². The second-order valence-electron chi connectivity index (χ2n) is 19.8. The molecule has 0 bridgehead atoms. The summed E-state index contributed by atoms with van der Waals surface area (Å²) in [5.74, 6) is -4.69. The van der Waals surface area contributed by atoms with E-state index in [4.69, 9.17) is 66.3 Å². The van der Waals surface area contributed by atoms with Gasteiger partial charge in [0.25, 0.3) is 5.97 Å². The molecule has 27 heteroatoms. The summed E-state index contributed by atoms with van der Waals surface area (Å²) in [6, 6.07) is 3.22. The molecule has 440 valence electrons. The molecular formula is C51H85N3NaO22Tc+4. The van der Waals surface area contributed by atoms with E-state index in [1.54, 1.807) is 12.1 Å². The zero-order valence-corrected chi connectivity index (χ0v) is 51.3. The number of ether oxygens (including phenoxy) is 14. The van der Waals surface area contributed by atoms with Gasteiger partial charge < -0.3 is 96.3 Å². The number of carbonyl (C=O) groups excluding carboxylic acids is 2. The van der Waals surface area contributed by atoms with Crippen molar-refractivity contribution < 1.29 is 155 Å². The van der Waals surface area contributed by atoms with E-state index < -0.39 is 56.0 Å². The van der Waals surface area contributed by atoms with Gasteiger partial charge in [-0.15, -0.1) is 6.54 Å². The van der Waals surface area contributed by atoms with E-state index in [9.17, 15) is 39.3 Å². The first-order valence-electron chi connectivity index (χ1n) is 25.2. The summed E-state index contributed by atoms with van der Waals surface area (Å²) in [6.07, 6.45) is -0.0445. The molecule has 1 heterocycles. The molecule has 0 aromatic heterocycles. The molecule has 0 amide bonds. The number of esters is 2. The Morgan fingerprint density at radius 2 is 0.949 bits per heavy atom. The summed E-state index contributed by atoms with van der Waals surface area (Å²) in [5.41, 5.74) is -0.395. The van der Waals surface area contributed by atoms with Gasteiger partial charge in [0.05, 0.1) is 149 Å². The third-order valence-electron chi connectivity index (χ3n) is 9.54. The topological polar surface area (TPSA) is 285 Å². The average Bonchev–Trinajstić information content (AvgIpc) is 3.65. The van der Waals surface area contributed by atoms with Crippen LogP contribution >= 0.6 is 0 Å². The van der Waals surface area contributed by atoms with Crippen molar-refractivity contribution in [2.24, 2.45) is 0 Å². The Hall–Kier alpha value is -2.86. The molecule has 2 rings (SSSR count). The Labute approximate surface area is 495 Å². The summed E-state index contributed by atoms with van der Waals surface area (Å²) in [7, 11) is 0. The third kappa shape index (κ3) is 40.3. The molecule has 25 nitrogen and oxygen atoms in total. The molecule has 78 heavy (non-hydrogen) atoms. The monoisotopic (exact) mass is 1210 g/mol. The number of rotatable bonds is 45. The van der Waals surface area contributed by atoms with Crippen LogP contribution in [0.2, 0.25) is 0 Å². The van der Waals surface area contributed by atoms with Crippen molar-refractivity contribution >= 4 is 29.8 Å². The molecule has 1 aliphatic heterocycles. The first kappa shape index (κ1) is 75.1. The van der Waals surface area contributed by atoms with Gasteiger partial charge in [0, 0.05) is 0 Å². The van der Waals surface area contributed by atoms with Crippen LogP contribution in [0.25, 0.3) is 0 Å². The molecule has 3 N–H and O–H groups in total. The minimum absolute atomic E-state index is 0. The van der Waals surface area contributed by atoms with Crippen LogP contribution in [0.15, 0.2) is 12.1 Å². The molecule has 0 radical (unpaired) electrons. The third-order valence-corrected chi connectivity index (χ3v) is 9.54. The van der Waals surface area contributed by atoms with Gasteiger partial charge in [-0.3, -0.25) is 30.5 Å². The first-order valence-corrected chi connectivity index (χ1v) is 25.2. The fourth-order valence-corrected chi connectivity index (χ4v) is 6.34. The van der Waals surface area contributed by atoms with Crippen molar-refractivity contribution in [3.05, 3.63) is 30.5 Å². The summed E-state index contributed by atoms with van der Waals surface area (Å²) < 4.78 is 80.6. The van der Waals surface area contributed by atoms with Crippen molar-refractivity contribution in [1.29, 1.82) is 0 Å². The van der Waals surface area contributed by atoms with Gasteiger partial charge in [-0.05, 0) is 80.0 Å². The minimum Gasteiger partial charge on any atom is -0.617 e. The number of benzene rings is 1. The van der Waals surface area contributed by atoms with Crippen LogP contribution in [-0.2, 0) is 103 Å². The fourth-order valence-electron chi connectivity index (χ4n) is 6.34. The van der Waals surface area contributed by atoms with Crippen LogP contribution < -0.4 is 43.8 Å². The Kier molecular flexibility index (Phi) is 40.5. The Balaban J connectivity index is 0.0000296. The average molecular weight is 1210 g/mol. The number of hydrogen-bond acceptors (Lipinski definition) is 22. The van der Waals surface area contributed by atoms with Gasteiger partial charge in [-0.1, -0.05) is 12.8 Å². The first-order chi connectivity index (χ1) is 35.9. The van der Waals surface area contributed by atoms with E-state index >= 15 is 0 Å². The van der Waals surface area contributed by atoms with Gasteiger partial charge >= 0.3 is 73.5 Å². The van der Waals surface area contributed by atoms with Crippen molar-refractivity contribution in [1.82, 2.24) is 14.7 Å². The summed E-state index contributed by atoms with van der Waals surface area (Å²) >= 11 is 0. The minimum atomic E-state index is -1.30. The zero-order valence-electron chi connectivity index (χ0n) is 47.4. The molecule has 1 saturated heterocycles. The van der Waals surface area contributed by atoms with Gasteiger partial charge in [0.15, 0.2) is 11.5 Å². The quantitative estimate of drug-likeness (QED) is 0.0329. The van der Waals surface area contributed by atoms with Gasteiger partial charge in [-0.25, -0.2) is 0 Å². The van der Waals surface area contributed by atoms with Crippen LogP contribution in [0.4, 0.5) is 0 Å². The maximum Gasteiger partial charge on any atom is 5.00 e. The molecule has 1 aromatic carbocycles. The van der Waals surface area contributed by atoms with Crippen LogP contribution in [0.3, 0.4) is 0 Å². The Morgan fingerprint density at radius 3 is 1.33 bits per heavy atom. The van der Waals surface area contributed by atoms with E-state index in [0.717, 1.165) is 9.80 Å². The molecule has 0 spiro atoms.